The monoisotopic (exact) mass is 507 g/mol. The first-order valence-corrected chi connectivity index (χ1v) is 9.99. The molecule has 1 rings (SSSR count). The number of guanidine groups is 1. The minimum Gasteiger partial charge on any atom is -0.493 e. The van der Waals surface area contributed by atoms with Gasteiger partial charge in [0, 0.05) is 19.7 Å². The van der Waals surface area contributed by atoms with E-state index >= 15 is 0 Å². The summed E-state index contributed by atoms with van der Waals surface area (Å²) in [5.41, 5.74) is 1.07. The molecular weight excluding hydrogens is 469 g/mol. The summed E-state index contributed by atoms with van der Waals surface area (Å²) in [5, 5.41) is 6.69. The van der Waals surface area contributed by atoms with E-state index in [2.05, 4.69) is 36.4 Å². The molecule has 28 heavy (non-hydrogen) atoms. The van der Waals surface area contributed by atoms with Crippen molar-refractivity contribution in [2.45, 2.75) is 53.7 Å². The van der Waals surface area contributed by atoms with Crippen LogP contribution in [0.1, 0.15) is 46.6 Å². The average Bonchev–Trinajstić information content (AvgIpc) is 2.66. The first-order chi connectivity index (χ1) is 13.0. The highest BCUT2D eigenvalue weighted by molar-refractivity contribution is 14.0. The molecule has 0 amide bonds. The maximum absolute atomic E-state index is 5.81. The summed E-state index contributed by atoms with van der Waals surface area (Å²) >= 11 is 0. The molecule has 0 aliphatic heterocycles. The van der Waals surface area contributed by atoms with E-state index in [9.17, 15) is 0 Å². The normalized spacial score (nSPS) is 12.3. The molecule has 1 atom stereocenters. The smallest absolute Gasteiger partial charge is 0.191 e. The highest BCUT2D eigenvalue weighted by atomic mass is 127. The lowest BCUT2D eigenvalue weighted by Gasteiger charge is -2.21. The number of aliphatic imine (C=N–C) groups is 1. The minimum atomic E-state index is 0. The van der Waals surface area contributed by atoms with Crippen molar-refractivity contribution in [1.29, 1.82) is 0 Å². The van der Waals surface area contributed by atoms with Crippen LogP contribution in [0.4, 0.5) is 0 Å². The number of halogens is 1. The number of hydrogen-bond donors (Lipinski definition) is 2. The molecule has 2 N–H and O–H groups in total. The molecule has 1 aromatic rings. The zero-order chi connectivity index (χ0) is 20.1. The first kappa shape index (κ1) is 26.8. The average molecular weight is 507 g/mol. The Morgan fingerprint density at radius 3 is 2.39 bits per heavy atom. The van der Waals surface area contributed by atoms with E-state index in [-0.39, 0.29) is 30.1 Å². The Bertz CT molecular complexity index is 568. The van der Waals surface area contributed by atoms with E-state index in [1.165, 1.54) is 0 Å². The number of rotatable bonds is 12. The number of nitrogens with one attached hydrogen (secondary N) is 2. The van der Waals surface area contributed by atoms with Crippen molar-refractivity contribution in [2.24, 2.45) is 10.9 Å². The fourth-order valence-electron chi connectivity index (χ4n) is 2.75. The standard InChI is InChI=1S/C21H37N3O3.HI/c1-7-22-21(23-13-12-18(16(4)5)26-8-2)24-15-17-10-11-19(27-9-3)20(14-17)25-6;/h10-11,14,16,18H,7-9,12-13,15H2,1-6H3,(H2,22,23,24);1H. The maximum atomic E-state index is 5.81. The molecule has 0 heterocycles. The van der Waals surface area contributed by atoms with Gasteiger partial charge in [0.2, 0.25) is 0 Å². The van der Waals surface area contributed by atoms with Crippen LogP contribution in [0.25, 0.3) is 0 Å². The molecule has 0 radical (unpaired) electrons. The van der Waals surface area contributed by atoms with Gasteiger partial charge in [0.1, 0.15) is 0 Å². The van der Waals surface area contributed by atoms with Gasteiger partial charge >= 0.3 is 0 Å². The fraction of sp³-hybridized carbons (Fsp3) is 0.667. The summed E-state index contributed by atoms with van der Waals surface area (Å²) in [5.74, 6) is 2.80. The van der Waals surface area contributed by atoms with Gasteiger partial charge in [0.25, 0.3) is 0 Å². The molecule has 0 saturated carbocycles. The molecule has 0 spiro atoms. The Kier molecular flexibility index (Phi) is 15.0. The van der Waals surface area contributed by atoms with Gasteiger partial charge < -0.3 is 24.8 Å². The van der Waals surface area contributed by atoms with Gasteiger partial charge in [0.15, 0.2) is 17.5 Å². The van der Waals surface area contributed by atoms with Gasteiger partial charge in [-0.15, -0.1) is 24.0 Å². The van der Waals surface area contributed by atoms with E-state index in [1.807, 2.05) is 32.0 Å². The predicted octanol–water partition coefficient (Wildman–Crippen LogP) is 4.22. The molecular formula is C21H38IN3O3. The molecule has 7 heteroatoms. The molecule has 0 aromatic heterocycles. The van der Waals surface area contributed by atoms with E-state index in [0.717, 1.165) is 49.1 Å². The van der Waals surface area contributed by atoms with Gasteiger partial charge in [-0.05, 0) is 50.8 Å². The second-order valence-corrected chi connectivity index (χ2v) is 6.57. The molecule has 0 aliphatic rings. The molecule has 0 aliphatic carbocycles. The quantitative estimate of drug-likeness (QED) is 0.252. The summed E-state index contributed by atoms with van der Waals surface area (Å²) in [7, 11) is 1.65. The van der Waals surface area contributed by atoms with E-state index in [0.29, 0.717) is 19.1 Å². The van der Waals surface area contributed by atoms with Crippen molar-refractivity contribution in [3.05, 3.63) is 23.8 Å². The largest absolute Gasteiger partial charge is 0.493 e. The third kappa shape index (κ3) is 9.82. The highest BCUT2D eigenvalue weighted by Crippen LogP contribution is 2.28. The van der Waals surface area contributed by atoms with Crippen LogP contribution in [0.15, 0.2) is 23.2 Å². The summed E-state index contributed by atoms with van der Waals surface area (Å²) in [6, 6.07) is 5.93. The molecule has 0 saturated heterocycles. The van der Waals surface area contributed by atoms with E-state index in [1.54, 1.807) is 7.11 Å². The third-order valence-electron chi connectivity index (χ3n) is 4.14. The van der Waals surface area contributed by atoms with Gasteiger partial charge in [0.05, 0.1) is 26.4 Å². The van der Waals surface area contributed by atoms with Crippen LogP contribution in [0, 0.1) is 5.92 Å². The van der Waals surface area contributed by atoms with Crippen molar-refractivity contribution < 1.29 is 14.2 Å². The number of ether oxygens (including phenoxy) is 3. The number of hydrogen-bond acceptors (Lipinski definition) is 4. The van der Waals surface area contributed by atoms with Gasteiger partial charge in [-0.3, -0.25) is 0 Å². The van der Waals surface area contributed by atoms with Gasteiger partial charge in [-0.2, -0.15) is 0 Å². The fourth-order valence-corrected chi connectivity index (χ4v) is 2.75. The summed E-state index contributed by atoms with van der Waals surface area (Å²) < 4.78 is 16.8. The Morgan fingerprint density at radius 2 is 1.82 bits per heavy atom. The van der Waals surface area contributed by atoms with Crippen molar-refractivity contribution in [2.75, 3.05) is 33.4 Å². The van der Waals surface area contributed by atoms with E-state index in [4.69, 9.17) is 14.2 Å². The lowest BCUT2D eigenvalue weighted by Crippen LogP contribution is -2.39. The predicted molar refractivity (Wildman–Crippen MR) is 127 cm³/mol. The Balaban J connectivity index is 0.00000729. The van der Waals surface area contributed by atoms with Crippen LogP contribution in [0.5, 0.6) is 11.5 Å². The molecule has 1 unspecified atom stereocenters. The Hall–Kier alpha value is -1.22. The minimum absolute atomic E-state index is 0. The van der Waals surface area contributed by atoms with Crippen LogP contribution in [-0.2, 0) is 11.3 Å². The number of nitrogens with zero attached hydrogens (tertiary/aromatic N) is 1. The van der Waals surface area contributed by atoms with Crippen LogP contribution < -0.4 is 20.1 Å². The lowest BCUT2D eigenvalue weighted by atomic mass is 10.0. The Labute approximate surface area is 187 Å². The van der Waals surface area contributed by atoms with Crippen molar-refractivity contribution in [1.82, 2.24) is 10.6 Å². The molecule has 6 nitrogen and oxygen atoms in total. The van der Waals surface area contributed by atoms with Crippen molar-refractivity contribution in [3.63, 3.8) is 0 Å². The van der Waals surface area contributed by atoms with Crippen molar-refractivity contribution >= 4 is 29.9 Å². The van der Waals surface area contributed by atoms with Crippen LogP contribution >= 0.6 is 24.0 Å². The first-order valence-electron chi connectivity index (χ1n) is 9.99. The molecule has 1 aromatic carbocycles. The summed E-state index contributed by atoms with van der Waals surface area (Å²) in [6.45, 7) is 14.0. The topological polar surface area (TPSA) is 64.1 Å². The SMILES string of the molecule is CCNC(=NCc1ccc(OCC)c(OC)c1)NCCC(OCC)C(C)C.I. The number of methoxy groups -OCH3 is 1. The summed E-state index contributed by atoms with van der Waals surface area (Å²) in [4.78, 5) is 4.68. The van der Waals surface area contributed by atoms with Crippen LogP contribution in [0.3, 0.4) is 0 Å². The Morgan fingerprint density at radius 1 is 1.07 bits per heavy atom. The molecule has 0 bridgehead atoms. The molecule has 162 valence electrons. The second-order valence-electron chi connectivity index (χ2n) is 6.57. The van der Waals surface area contributed by atoms with Crippen molar-refractivity contribution in [3.8, 4) is 11.5 Å². The maximum Gasteiger partial charge on any atom is 0.191 e. The zero-order valence-corrected chi connectivity index (χ0v) is 20.5. The lowest BCUT2D eigenvalue weighted by molar-refractivity contribution is 0.0258. The van der Waals surface area contributed by atoms with Gasteiger partial charge in [-0.1, -0.05) is 19.9 Å². The highest BCUT2D eigenvalue weighted by Gasteiger charge is 2.13. The third-order valence-corrected chi connectivity index (χ3v) is 4.14. The zero-order valence-electron chi connectivity index (χ0n) is 18.2. The molecule has 0 fully saturated rings. The van der Waals surface area contributed by atoms with Gasteiger partial charge in [-0.25, -0.2) is 4.99 Å². The van der Waals surface area contributed by atoms with Crippen LogP contribution in [-0.4, -0.2) is 45.5 Å². The second kappa shape index (κ2) is 15.7. The number of benzene rings is 1. The van der Waals surface area contributed by atoms with Crippen LogP contribution in [0.2, 0.25) is 0 Å². The summed E-state index contributed by atoms with van der Waals surface area (Å²) in [6.07, 6.45) is 1.22. The van der Waals surface area contributed by atoms with E-state index < -0.39 is 0 Å².